The molecular formula is C19H26ClN3O3. The number of amides is 2. The topological polar surface area (TPSA) is 54.0 Å². The quantitative estimate of drug-likeness (QED) is 0.873. The molecule has 0 aliphatic carbocycles. The lowest BCUT2D eigenvalue weighted by Gasteiger charge is -2.30. The molecule has 3 saturated heterocycles. The molecule has 3 heterocycles. The maximum Gasteiger partial charge on any atom is 0.322 e. The highest BCUT2D eigenvalue weighted by Gasteiger charge is 2.63. The van der Waals surface area contributed by atoms with Gasteiger partial charge in [-0.25, -0.2) is 4.79 Å². The summed E-state index contributed by atoms with van der Waals surface area (Å²) >= 11 is 6.07. The number of benzene rings is 1. The fourth-order valence-corrected chi connectivity index (χ4v) is 5.16. The molecule has 3 fully saturated rings. The fraction of sp³-hybridized carbons (Fsp3) is 0.632. The van der Waals surface area contributed by atoms with Crippen molar-refractivity contribution in [3.05, 3.63) is 23.2 Å². The second kappa shape index (κ2) is 6.59. The van der Waals surface area contributed by atoms with E-state index in [4.69, 9.17) is 21.1 Å². The second-order valence-corrected chi connectivity index (χ2v) is 8.38. The summed E-state index contributed by atoms with van der Waals surface area (Å²) in [5.74, 6) is 1.51. The summed E-state index contributed by atoms with van der Waals surface area (Å²) in [4.78, 5) is 17.0. The van der Waals surface area contributed by atoms with Crippen molar-refractivity contribution in [1.82, 2.24) is 9.80 Å². The average molecular weight is 380 g/mol. The average Bonchev–Trinajstić information content (AvgIpc) is 3.24. The number of fused-ring (bicyclic) bond motifs is 1. The molecule has 3 aliphatic rings. The predicted molar refractivity (Wildman–Crippen MR) is 101 cm³/mol. The van der Waals surface area contributed by atoms with Crippen molar-refractivity contribution in [1.29, 1.82) is 0 Å². The lowest BCUT2D eigenvalue weighted by Crippen LogP contribution is -2.40. The van der Waals surface area contributed by atoms with Gasteiger partial charge in [0, 0.05) is 29.9 Å². The molecule has 26 heavy (non-hydrogen) atoms. The number of carbonyl (C=O) groups is 1. The van der Waals surface area contributed by atoms with Gasteiger partial charge in [-0.05, 0) is 45.1 Å². The van der Waals surface area contributed by atoms with E-state index in [2.05, 4.69) is 24.3 Å². The van der Waals surface area contributed by atoms with Crippen molar-refractivity contribution in [3.63, 3.8) is 0 Å². The van der Waals surface area contributed by atoms with E-state index in [9.17, 15) is 4.79 Å². The zero-order valence-corrected chi connectivity index (χ0v) is 16.3. The van der Waals surface area contributed by atoms with Gasteiger partial charge in [0.25, 0.3) is 0 Å². The standard InChI is InChI=1S/C19H26ClN3O3/c1-22(2)9-13-14-10-23(11-19(14)7-6-16(13)26-19)18(24)21-15-8-12(20)4-5-17(15)25-3/h4-5,8,13-14,16H,6-7,9-11H2,1-3H3,(H,21,24)/t13-,14+,16+,19+/m0/s1. The second-order valence-electron chi connectivity index (χ2n) is 7.95. The highest BCUT2D eigenvalue weighted by atomic mass is 35.5. The molecule has 7 heteroatoms. The smallest absolute Gasteiger partial charge is 0.322 e. The highest BCUT2D eigenvalue weighted by Crippen LogP contribution is 2.55. The first kappa shape index (κ1) is 17.9. The maximum absolute atomic E-state index is 12.9. The predicted octanol–water partition coefficient (Wildman–Crippen LogP) is 2.92. The van der Waals surface area contributed by atoms with Crippen LogP contribution in [0, 0.1) is 11.8 Å². The molecule has 1 N–H and O–H groups in total. The molecule has 2 amide bonds. The SMILES string of the molecule is COc1ccc(Cl)cc1NC(=O)N1C[C@@H]2[C@H](CN(C)C)[C@H]3CC[C@]2(C1)O3. The van der Waals surface area contributed by atoms with Crippen molar-refractivity contribution in [2.45, 2.75) is 24.5 Å². The number of anilines is 1. The molecule has 0 saturated carbocycles. The molecule has 6 nitrogen and oxygen atoms in total. The van der Waals surface area contributed by atoms with E-state index in [0.717, 1.165) is 25.9 Å². The van der Waals surface area contributed by atoms with Crippen LogP contribution in [0.3, 0.4) is 0 Å². The van der Waals surface area contributed by atoms with Crippen LogP contribution in [-0.4, -0.2) is 68.4 Å². The van der Waals surface area contributed by atoms with E-state index in [1.807, 2.05) is 4.90 Å². The molecular weight excluding hydrogens is 354 g/mol. The van der Waals surface area contributed by atoms with Gasteiger partial charge in [0.15, 0.2) is 0 Å². The van der Waals surface area contributed by atoms with Crippen LogP contribution in [0.5, 0.6) is 5.75 Å². The molecule has 2 bridgehead atoms. The molecule has 1 aromatic rings. The molecule has 1 aromatic carbocycles. The van der Waals surface area contributed by atoms with Crippen LogP contribution in [0.15, 0.2) is 18.2 Å². The largest absolute Gasteiger partial charge is 0.495 e. The number of hydrogen-bond donors (Lipinski definition) is 1. The van der Waals surface area contributed by atoms with Crippen molar-refractivity contribution in [3.8, 4) is 5.75 Å². The van der Waals surface area contributed by atoms with Crippen molar-refractivity contribution < 1.29 is 14.3 Å². The molecule has 0 radical (unpaired) electrons. The van der Waals surface area contributed by atoms with Gasteiger partial charge < -0.3 is 24.6 Å². The van der Waals surface area contributed by atoms with Crippen LogP contribution in [0.1, 0.15) is 12.8 Å². The van der Waals surface area contributed by atoms with Gasteiger partial charge in [-0.15, -0.1) is 0 Å². The zero-order valence-electron chi connectivity index (χ0n) is 15.5. The number of nitrogens with one attached hydrogen (secondary N) is 1. The van der Waals surface area contributed by atoms with E-state index >= 15 is 0 Å². The number of hydrogen-bond acceptors (Lipinski definition) is 4. The lowest BCUT2D eigenvalue weighted by molar-refractivity contribution is 0.00534. The van der Waals surface area contributed by atoms with Crippen molar-refractivity contribution in [2.24, 2.45) is 11.8 Å². The minimum absolute atomic E-state index is 0.120. The van der Waals surface area contributed by atoms with Crippen LogP contribution >= 0.6 is 11.6 Å². The Balaban J connectivity index is 1.49. The number of halogens is 1. The Morgan fingerprint density at radius 1 is 1.50 bits per heavy atom. The number of ether oxygens (including phenoxy) is 2. The van der Waals surface area contributed by atoms with E-state index in [-0.39, 0.29) is 11.6 Å². The van der Waals surface area contributed by atoms with Crippen LogP contribution in [0.25, 0.3) is 0 Å². The molecule has 0 unspecified atom stereocenters. The summed E-state index contributed by atoms with van der Waals surface area (Å²) in [6.45, 7) is 2.41. The number of likely N-dealkylation sites (tertiary alicyclic amines) is 1. The number of methoxy groups -OCH3 is 1. The van der Waals surface area contributed by atoms with Crippen LogP contribution < -0.4 is 10.1 Å². The van der Waals surface area contributed by atoms with Gasteiger partial charge in [0.1, 0.15) is 5.75 Å². The van der Waals surface area contributed by atoms with Gasteiger partial charge in [0.05, 0.1) is 31.0 Å². The molecule has 1 spiro atoms. The zero-order chi connectivity index (χ0) is 18.5. The van der Waals surface area contributed by atoms with E-state index in [1.165, 1.54) is 0 Å². The highest BCUT2D eigenvalue weighted by molar-refractivity contribution is 6.31. The minimum Gasteiger partial charge on any atom is -0.495 e. The molecule has 4 rings (SSSR count). The van der Waals surface area contributed by atoms with Crippen LogP contribution in [0.2, 0.25) is 5.02 Å². The summed E-state index contributed by atoms with van der Waals surface area (Å²) in [6.07, 6.45) is 2.50. The van der Waals surface area contributed by atoms with Gasteiger partial charge in [-0.3, -0.25) is 0 Å². The summed E-state index contributed by atoms with van der Waals surface area (Å²) in [6, 6.07) is 5.09. The third kappa shape index (κ3) is 2.94. The number of nitrogens with zero attached hydrogens (tertiary/aromatic N) is 2. The molecule has 3 aliphatic heterocycles. The van der Waals surface area contributed by atoms with Crippen molar-refractivity contribution in [2.75, 3.05) is 46.2 Å². The number of urea groups is 1. The van der Waals surface area contributed by atoms with E-state index < -0.39 is 0 Å². The summed E-state index contributed by atoms with van der Waals surface area (Å²) in [5, 5.41) is 3.52. The molecule has 142 valence electrons. The number of carbonyl (C=O) groups excluding carboxylic acids is 1. The summed E-state index contributed by atoms with van der Waals surface area (Å²) < 4.78 is 11.7. The van der Waals surface area contributed by atoms with E-state index in [1.54, 1.807) is 25.3 Å². The Morgan fingerprint density at radius 2 is 2.31 bits per heavy atom. The Kier molecular flexibility index (Phi) is 4.53. The monoisotopic (exact) mass is 379 g/mol. The summed E-state index contributed by atoms with van der Waals surface area (Å²) in [7, 11) is 5.78. The van der Waals surface area contributed by atoms with Gasteiger partial charge >= 0.3 is 6.03 Å². The third-order valence-electron chi connectivity index (χ3n) is 6.05. The fourth-order valence-electron chi connectivity index (χ4n) is 4.98. The normalized spacial score (nSPS) is 32.2. The van der Waals surface area contributed by atoms with Crippen LogP contribution in [0.4, 0.5) is 10.5 Å². The Morgan fingerprint density at radius 3 is 3.04 bits per heavy atom. The Hall–Kier alpha value is -1.50. The van der Waals surface area contributed by atoms with Gasteiger partial charge in [0.2, 0.25) is 0 Å². The lowest BCUT2D eigenvalue weighted by atomic mass is 9.73. The Labute approximate surface area is 159 Å². The first-order valence-corrected chi connectivity index (χ1v) is 9.52. The molecule has 0 aromatic heterocycles. The Bertz CT molecular complexity index is 713. The maximum atomic E-state index is 12.9. The number of rotatable bonds is 4. The minimum atomic E-state index is -0.152. The summed E-state index contributed by atoms with van der Waals surface area (Å²) in [5.41, 5.74) is 0.441. The molecule has 4 atom stereocenters. The third-order valence-corrected chi connectivity index (χ3v) is 6.29. The van der Waals surface area contributed by atoms with Crippen LogP contribution in [-0.2, 0) is 4.74 Å². The van der Waals surface area contributed by atoms with Gasteiger partial charge in [-0.1, -0.05) is 11.6 Å². The van der Waals surface area contributed by atoms with E-state index in [0.29, 0.717) is 40.9 Å². The van der Waals surface area contributed by atoms with Gasteiger partial charge in [-0.2, -0.15) is 0 Å². The first-order chi connectivity index (χ1) is 12.4. The van der Waals surface area contributed by atoms with Crippen molar-refractivity contribution >= 4 is 23.3 Å². The first-order valence-electron chi connectivity index (χ1n) is 9.14.